The van der Waals surface area contributed by atoms with Crippen molar-refractivity contribution >= 4 is 23.0 Å². The van der Waals surface area contributed by atoms with Crippen molar-refractivity contribution in [3.8, 4) is 0 Å². The summed E-state index contributed by atoms with van der Waals surface area (Å²) in [6.45, 7) is 4.07. The maximum Gasteiger partial charge on any atom is 0.139 e. The number of nitrogens with two attached hydrogens (primary N) is 1. The lowest BCUT2D eigenvalue weighted by Crippen LogP contribution is -2.39. The van der Waals surface area contributed by atoms with Crippen LogP contribution in [-0.2, 0) is 0 Å². The summed E-state index contributed by atoms with van der Waals surface area (Å²) in [5.41, 5.74) is 7.73. The Balaban J connectivity index is 2.34. The Hall–Kier alpha value is -1.20. The molecule has 1 aromatic rings. The van der Waals surface area contributed by atoms with Crippen molar-refractivity contribution in [3.63, 3.8) is 0 Å². The van der Waals surface area contributed by atoms with Crippen LogP contribution in [0, 0.1) is 6.92 Å². The van der Waals surface area contributed by atoms with Gasteiger partial charge in [0.15, 0.2) is 0 Å². The number of pyridine rings is 1. The van der Waals surface area contributed by atoms with Crippen molar-refractivity contribution in [2.45, 2.75) is 25.8 Å². The van der Waals surface area contributed by atoms with E-state index in [4.69, 9.17) is 18.0 Å². The molecule has 104 valence electrons. The van der Waals surface area contributed by atoms with Crippen LogP contribution in [0.3, 0.4) is 0 Å². The van der Waals surface area contributed by atoms with Crippen molar-refractivity contribution in [1.29, 1.82) is 0 Å². The van der Waals surface area contributed by atoms with Crippen LogP contribution in [0.5, 0.6) is 0 Å². The van der Waals surface area contributed by atoms with Crippen molar-refractivity contribution < 1.29 is 0 Å². The first-order valence-corrected chi connectivity index (χ1v) is 7.08. The van der Waals surface area contributed by atoms with Gasteiger partial charge in [-0.1, -0.05) is 12.2 Å². The Morgan fingerprint density at radius 1 is 1.53 bits per heavy atom. The molecule has 0 aliphatic carbocycles. The van der Waals surface area contributed by atoms with Gasteiger partial charge in [-0.25, -0.2) is 4.98 Å². The van der Waals surface area contributed by atoms with E-state index in [1.54, 1.807) is 0 Å². The molecule has 1 unspecified atom stereocenters. The highest BCUT2D eigenvalue weighted by Gasteiger charge is 2.28. The average molecular weight is 278 g/mol. The Morgan fingerprint density at radius 3 is 2.89 bits per heavy atom. The van der Waals surface area contributed by atoms with Gasteiger partial charge >= 0.3 is 0 Å². The van der Waals surface area contributed by atoms with Crippen LogP contribution in [0.2, 0.25) is 0 Å². The summed E-state index contributed by atoms with van der Waals surface area (Å²) < 4.78 is 0. The zero-order valence-electron chi connectivity index (χ0n) is 11.9. The fraction of sp³-hybridized carbons (Fsp3) is 0.571. The molecule has 0 aromatic carbocycles. The van der Waals surface area contributed by atoms with E-state index in [9.17, 15) is 0 Å². The summed E-state index contributed by atoms with van der Waals surface area (Å²) >= 11 is 5.16. The predicted molar refractivity (Wildman–Crippen MR) is 83.8 cm³/mol. The molecule has 0 saturated carbocycles. The molecule has 2 rings (SSSR count). The third-order valence-electron chi connectivity index (χ3n) is 3.50. The van der Waals surface area contributed by atoms with Gasteiger partial charge in [-0.05, 0) is 46.0 Å². The van der Waals surface area contributed by atoms with Gasteiger partial charge in [0.05, 0.1) is 5.56 Å². The molecule has 1 saturated heterocycles. The molecule has 0 bridgehead atoms. The molecule has 0 spiro atoms. The van der Waals surface area contributed by atoms with E-state index in [0.29, 0.717) is 11.0 Å². The van der Waals surface area contributed by atoms with Crippen molar-refractivity contribution in [2.75, 3.05) is 32.1 Å². The van der Waals surface area contributed by atoms with Gasteiger partial charge in [0.1, 0.15) is 10.8 Å². The summed E-state index contributed by atoms with van der Waals surface area (Å²) in [6, 6.07) is 4.46. The number of likely N-dealkylation sites (N-methyl/N-ethyl adjacent to an activating group) is 1. The van der Waals surface area contributed by atoms with Gasteiger partial charge < -0.3 is 15.5 Å². The first-order chi connectivity index (χ1) is 8.99. The van der Waals surface area contributed by atoms with Crippen LogP contribution in [0.25, 0.3) is 0 Å². The van der Waals surface area contributed by atoms with Crippen LogP contribution < -0.4 is 10.6 Å². The minimum atomic E-state index is 0.429. The number of hydrogen-bond donors (Lipinski definition) is 1. The first kappa shape index (κ1) is 14.2. The van der Waals surface area contributed by atoms with Crippen LogP contribution in [0.1, 0.15) is 24.1 Å². The van der Waals surface area contributed by atoms with Crippen molar-refractivity contribution in [1.82, 2.24) is 9.88 Å². The van der Waals surface area contributed by atoms with Crippen LogP contribution in [-0.4, -0.2) is 48.1 Å². The maximum absolute atomic E-state index is 5.83. The quantitative estimate of drug-likeness (QED) is 0.847. The van der Waals surface area contributed by atoms with Gasteiger partial charge in [0, 0.05) is 24.8 Å². The number of anilines is 1. The van der Waals surface area contributed by atoms with E-state index >= 15 is 0 Å². The van der Waals surface area contributed by atoms with E-state index in [1.807, 2.05) is 19.1 Å². The molecule has 19 heavy (non-hydrogen) atoms. The SMILES string of the molecule is Cc1ccc(C(N)=S)c(N2CCCC2CN(C)C)n1. The van der Waals surface area contributed by atoms with E-state index in [-0.39, 0.29) is 0 Å². The van der Waals surface area contributed by atoms with E-state index < -0.39 is 0 Å². The summed E-state index contributed by atoms with van der Waals surface area (Å²) in [6.07, 6.45) is 2.40. The molecule has 2 N–H and O–H groups in total. The molecule has 0 radical (unpaired) electrons. The molecule has 1 atom stereocenters. The van der Waals surface area contributed by atoms with Crippen molar-refractivity contribution in [3.05, 3.63) is 23.4 Å². The van der Waals surface area contributed by atoms with Gasteiger partial charge in [0.25, 0.3) is 0 Å². The van der Waals surface area contributed by atoms with Gasteiger partial charge in [-0.15, -0.1) is 0 Å². The van der Waals surface area contributed by atoms with Crippen LogP contribution >= 0.6 is 12.2 Å². The molecular weight excluding hydrogens is 256 g/mol. The lowest BCUT2D eigenvalue weighted by molar-refractivity contribution is 0.371. The second-order valence-corrected chi connectivity index (χ2v) is 5.88. The van der Waals surface area contributed by atoms with Crippen LogP contribution in [0.15, 0.2) is 12.1 Å². The fourth-order valence-electron chi connectivity index (χ4n) is 2.68. The molecule has 5 heteroatoms. The zero-order chi connectivity index (χ0) is 14.0. The Bertz CT molecular complexity index is 473. The smallest absolute Gasteiger partial charge is 0.139 e. The normalized spacial score (nSPS) is 19.2. The lowest BCUT2D eigenvalue weighted by Gasteiger charge is -2.29. The first-order valence-electron chi connectivity index (χ1n) is 6.68. The molecule has 4 nitrogen and oxygen atoms in total. The van der Waals surface area contributed by atoms with E-state index in [0.717, 1.165) is 30.2 Å². The van der Waals surface area contributed by atoms with Gasteiger partial charge in [-0.2, -0.15) is 0 Å². The average Bonchev–Trinajstić information content (AvgIpc) is 2.75. The molecular formula is C14H22N4S. The minimum Gasteiger partial charge on any atom is -0.389 e. The highest BCUT2D eigenvalue weighted by Crippen LogP contribution is 2.27. The van der Waals surface area contributed by atoms with Crippen LogP contribution in [0.4, 0.5) is 5.82 Å². The maximum atomic E-state index is 5.83. The van der Waals surface area contributed by atoms with Gasteiger partial charge in [0.2, 0.25) is 0 Å². The third-order valence-corrected chi connectivity index (χ3v) is 3.72. The second-order valence-electron chi connectivity index (χ2n) is 5.44. The second kappa shape index (κ2) is 5.84. The standard InChI is InChI=1S/C14H22N4S/c1-10-6-7-12(13(15)19)14(16-10)18-8-4-5-11(18)9-17(2)3/h6-7,11H,4-5,8-9H2,1-3H3,(H2,15,19). The Labute approximate surface area is 120 Å². The highest BCUT2D eigenvalue weighted by molar-refractivity contribution is 7.80. The largest absolute Gasteiger partial charge is 0.389 e. The molecule has 1 aliphatic heterocycles. The predicted octanol–water partition coefficient (Wildman–Crippen LogP) is 1.55. The molecule has 1 fully saturated rings. The molecule has 0 amide bonds. The highest BCUT2D eigenvalue weighted by atomic mass is 32.1. The summed E-state index contributed by atoms with van der Waals surface area (Å²) in [5, 5.41) is 0. The molecule has 1 aromatic heterocycles. The number of rotatable bonds is 4. The summed E-state index contributed by atoms with van der Waals surface area (Å²) in [4.78, 5) is 9.69. The Morgan fingerprint density at radius 2 is 2.26 bits per heavy atom. The Kier molecular flexibility index (Phi) is 4.37. The van der Waals surface area contributed by atoms with Gasteiger partial charge in [-0.3, -0.25) is 0 Å². The number of aryl methyl sites for hydroxylation is 1. The topological polar surface area (TPSA) is 45.4 Å². The number of thiocarbonyl (C=S) groups is 1. The monoisotopic (exact) mass is 278 g/mol. The van der Waals surface area contributed by atoms with Crippen molar-refractivity contribution in [2.24, 2.45) is 5.73 Å². The number of nitrogens with zero attached hydrogens (tertiary/aromatic N) is 3. The minimum absolute atomic E-state index is 0.429. The van der Waals surface area contributed by atoms with E-state index in [1.165, 1.54) is 12.8 Å². The fourth-order valence-corrected chi connectivity index (χ4v) is 2.84. The van der Waals surface area contributed by atoms with E-state index in [2.05, 4.69) is 28.9 Å². The number of aromatic nitrogens is 1. The zero-order valence-corrected chi connectivity index (χ0v) is 12.7. The summed E-state index contributed by atoms with van der Waals surface area (Å²) in [7, 11) is 4.21. The molecule has 2 heterocycles. The third kappa shape index (κ3) is 3.22. The molecule has 1 aliphatic rings. The lowest BCUT2D eigenvalue weighted by atomic mass is 10.1. The summed E-state index contributed by atoms with van der Waals surface area (Å²) in [5.74, 6) is 0.955. The number of hydrogen-bond acceptors (Lipinski definition) is 4.